The first-order valence-corrected chi connectivity index (χ1v) is 8.62. The minimum Gasteiger partial charge on any atom is -0.362 e. The van der Waals surface area contributed by atoms with Crippen LogP contribution in [0.5, 0.6) is 0 Å². The summed E-state index contributed by atoms with van der Waals surface area (Å²) < 4.78 is 0. The first kappa shape index (κ1) is 16.8. The molecule has 1 heterocycles. The summed E-state index contributed by atoms with van der Waals surface area (Å²) in [6.07, 6.45) is 2.47. The van der Waals surface area contributed by atoms with Crippen LogP contribution in [0.15, 0.2) is 4.99 Å². The number of hydrogen-bond donors (Lipinski definition) is 1. The lowest BCUT2D eigenvalue weighted by Gasteiger charge is -2.35. The minimum atomic E-state index is 0.319. The highest BCUT2D eigenvalue weighted by Gasteiger charge is 2.28. The number of nitrogens with one attached hydrogen (secondary N) is 1. The van der Waals surface area contributed by atoms with Crippen molar-refractivity contribution in [3.05, 3.63) is 0 Å². The number of nitrogens with zero attached hydrogens (tertiary/aromatic N) is 2. The van der Waals surface area contributed by atoms with Crippen LogP contribution in [0.4, 0.5) is 0 Å². The van der Waals surface area contributed by atoms with Crippen molar-refractivity contribution in [2.75, 3.05) is 31.9 Å². The Morgan fingerprint density at radius 2 is 2.05 bits per heavy atom. The second-order valence-corrected chi connectivity index (χ2v) is 7.40. The molecule has 0 spiro atoms. The molecular weight excluding hydrogens is 254 g/mol. The second-order valence-electron chi connectivity index (χ2n) is 6.32. The van der Waals surface area contributed by atoms with Crippen molar-refractivity contribution in [1.29, 1.82) is 0 Å². The SMILES string of the molecule is CCCN(CC)CCN=C1NC(C(C)(C)C)CCS1. The number of likely N-dealkylation sites (N-methyl/N-ethyl adjacent to an activating group) is 1. The first-order valence-electron chi connectivity index (χ1n) is 7.63. The summed E-state index contributed by atoms with van der Waals surface area (Å²) in [5.41, 5.74) is 0.319. The van der Waals surface area contributed by atoms with Gasteiger partial charge in [-0.3, -0.25) is 4.99 Å². The molecule has 0 saturated carbocycles. The molecule has 0 aromatic carbocycles. The van der Waals surface area contributed by atoms with E-state index in [1.165, 1.54) is 25.1 Å². The molecule has 0 aromatic rings. The van der Waals surface area contributed by atoms with Gasteiger partial charge < -0.3 is 10.2 Å². The van der Waals surface area contributed by atoms with Gasteiger partial charge in [0.15, 0.2) is 5.17 Å². The molecular formula is C15H31N3S. The molecule has 3 nitrogen and oxygen atoms in total. The van der Waals surface area contributed by atoms with Crippen molar-refractivity contribution in [1.82, 2.24) is 10.2 Å². The smallest absolute Gasteiger partial charge is 0.156 e. The summed E-state index contributed by atoms with van der Waals surface area (Å²) in [4.78, 5) is 7.21. The Morgan fingerprint density at radius 3 is 2.63 bits per heavy atom. The highest BCUT2D eigenvalue weighted by Crippen LogP contribution is 2.27. The number of thioether (sulfide) groups is 1. The standard InChI is InChI=1S/C15H31N3S/c1-6-10-18(7-2)11-9-16-14-17-13(8-12-19-14)15(3,4)5/h13H,6-12H2,1-5H3,(H,16,17). The number of amidine groups is 1. The van der Waals surface area contributed by atoms with Crippen LogP contribution in [0.3, 0.4) is 0 Å². The summed E-state index contributed by atoms with van der Waals surface area (Å²) in [5, 5.41) is 4.76. The van der Waals surface area contributed by atoms with Crippen molar-refractivity contribution in [2.45, 2.75) is 53.5 Å². The minimum absolute atomic E-state index is 0.319. The Bertz CT molecular complexity index is 284. The van der Waals surface area contributed by atoms with E-state index in [1.807, 2.05) is 11.8 Å². The van der Waals surface area contributed by atoms with Gasteiger partial charge in [-0.25, -0.2) is 0 Å². The summed E-state index contributed by atoms with van der Waals surface area (Å²) in [6.45, 7) is 15.7. The molecule has 19 heavy (non-hydrogen) atoms. The molecule has 0 radical (unpaired) electrons. The van der Waals surface area contributed by atoms with Crippen LogP contribution in [0.1, 0.15) is 47.5 Å². The van der Waals surface area contributed by atoms with Gasteiger partial charge in [0, 0.05) is 18.3 Å². The van der Waals surface area contributed by atoms with Gasteiger partial charge in [-0.1, -0.05) is 46.4 Å². The van der Waals surface area contributed by atoms with Crippen LogP contribution in [-0.4, -0.2) is 48.0 Å². The average Bonchev–Trinajstić information content (AvgIpc) is 2.37. The largest absolute Gasteiger partial charge is 0.362 e. The molecule has 1 atom stereocenters. The van der Waals surface area contributed by atoms with E-state index in [9.17, 15) is 0 Å². The predicted molar refractivity (Wildman–Crippen MR) is 88.2 cm³/mol. The fraction of sp³-hybridized carbons (Fsp3) is 0.933. The van der Waals surface area contributed by atoms with E-state index in [2.05, 4.69) is 44.8 Å². The second kappa shape index (κ2) is 8.15. The summed E-state index contributed by atoms with van der Waals surface area (Å²) in [6, 6.07) is 0.561. The quantitative estimate of drug-likeness (QED) is 0.812. The molecule has 1 fully saturated rings. The van der Waals surface area contributed by atoms with Crippen LogP contribution >= 0.6 is 11.8 Å². The van der Waals surface area contributed by atoms with Crippen molar-refractivity contribution < 1.29 is 0 Å². The fourth-order valence-corrected chi connectivity index (χ4v) is 3.27. The third-order valence-corrected chi connectivity index (χ3v) is 4.61. The van der Waals surface area contributed by atoms with E-state index in [1.54, 1.807) is 0 Å². The Morgan fingerprint density at radius 1 is 1.32 bits per heavy atom. The van der Waals surface area contributed by atoms with Gasteiger partial charge in [0.05, 0.1) is 6.54 Å². The van der Waals surface area contributed by atoms with E-state index in [-0.39, 0.29) is 0 Å². The topological polar surface area (TPSA) is 27.6 Å². The zero-order chi connectivity index (χ0) is 14.3. The molecule has 1 aliphatic rings. The van der Waals surface area contributed by atoms with E-state index in [0.717, 1.165) is 24.8 Å². The molecule has 4 heteroatoms. The maximum atomic E-state index is 4.74. The third-order valence-electron chi connectivity index (χ3n) is 3.65. The average molecular weight is 286 g/mol. The molecule has 0 aliphatic carbocycles. The van der Waals surface area contributed by atoms with E-state index < -0.39 is 0 Å². The third kappa shape index (κ3) is 6.17. The van der Waals surface area contributed by atoms with Crippen molar-refractivity contribution >= 4 is 16.9 Å². The molecule has 0 aromatic heterocycles. The van der Waals surface area contributed by atoms with E-state index in [0.29, 0.717) is 11.5 Å². The van der Waals surface area contributed by atoms with Crippen LogP contribution in [0.25, 0.3) is 0 Å². The monoisotopic (exact) mass is 285 g/mol. The lowest BCUT2D eigenvalue weighted by Crippen LogP contribution is -2.46. The van der Waals surface area contributed by atoms with Crippen LogP contribution < -0.4 is 5.32 Å². The normalized spacial score (nSPS) is 22.8. The number of aliphatic imine (C=N–C) groups is 1. The Balaban J connectivity index is 2.40. The van der Waals surface area contributed by atoms with Crippen LogP contribution in [0, 0.1) is 5.41 Å². The maximum Gasteiger partial charge on any atom is 0.156 e. The Labute approximate surface area is 123 Å². The number of hydrogen-bond acceptors (Lipinski definition) is 3. The first-order chi connectivity index (χ1) is 8.97. The van der Waals surface area contributed by atoms with E-state index >= 15 is 0 Å². The molecule has 1 N–H and O–H groups in total. The van der Waals surface area contributed by atoms with Crippen LogP contribution in [-0.2, 0) is 0 Å². The number of rotatable bonds is 6. The summed E-state index contributed by atoms with van der Waals surface area (Å²) >= 11 is 1.88. The highest BCUT2D eigenvalue weighted by atomic mass is 32.2. The van der Waals surface area contributed by atoms with Crippen molar-refractivity contribution in [3.63, 3.8) is 0 Å². The van der Waals surface area contributed by atoms with Gasteiger partial charge in [-0.05, 0) is 31.3 Å². The fourth-order valence-electron chi connectivity index (χ4n) is 2.31. The van der Waals surface area contributed by atoms with Gasteiger partial charge in [0.2, 0.25) is 0 Å². The van der Waals surface area contributed by atoms with Gasteiger partial charge in [-0.15, -0.1) is 0 Å². The van der Waals surface area contributed by atoms with Crippen LogP contribution in [0.2, 0.25) is 0 Å². The molecule has 1 aliphatic heterocycles. The highest BCUT2D eigenvalue weighted by molar-refractivity contribution is 8.13. The Kier molecular flexibility index (Phi) is 7.22. The van der Waals surface area contributed by atoms with Gasteiger partial charge in [0.1, 0.15) is 0 Å². The molecule has 0 amide bonds. The van der Waals surface area contributed by atoms with Gasteiger partial charge in [-0.2, -0.15) is 0 Å². The zero-order valence-corrected chi connectivity index (χ0v) is 14.1. The van der Waals surface area contributed by atoms with Gasteiger partial charge in [0.25, 0.3) is 0 Å². The van der Waals surface area contributed by atoms with Gasteiger partial charge >= 0.3 is 0 Å². The molecule has 1 rings (SSSR count). The molecule has 0 bridgehead atoms. The zero-order valence-electron chi connectivity index (χ0n) is 13.3. The predicted octanol–water partition coefficient (Wildman–Crippen LogP) is 3.22. The molecule has 1 saturated heterocycles. The van der Waals surface area contributed by atoms with Crippen molar-refractivity contribution in [3.8, 4) is 0 Å². The summed E-state index contributed by atoms with van der Waals surface area (Å²) in [5.74, 6) is 1.19. The van der Waals surface area contributed by atoms with E-state index in [4.69, 9.17) is 4.99 Å². The molecule has 112 valence electrons. The maximum absolute atomic E-state index is 4.74. The molecule has 1 unspecified atom stereocenters. The summed E-state index contributed by atoms with van der Waals surface area (Å²) in [7, 11) is 0. The Hall–Kier alpha value is -0.220. The lowest BCUT2D eigenvalue weighted by molar-refractivity contribution is 0.288. The van der Waals surface area contributed by atoms with Crippen molar-refractivity contribution in [2.24, 2.45) is 10.4 Å². The lowest BCUT2D eigenvalue weighted by atomic mass is 9.85.